The molecule has 8 heteroatoms. The number of anilines is 1. The van der Waals surface area contributed by atoms with Gasteiger partial charge in [0.25, 0.3) is 10.0 Å². The van der Waals surface area contributed by atoms with Crippen molar-refractivity contribution in [2.45, 2.75) is 25.3 Å². The van der Waals surface area contributed by atoms with E-state index in [1.807, 2.05) is 6.92 Å². The molecule has 114 valence electrons. The molecule has 1 aromatic heterocycles. The van der Waals surface area contributed by atoms with E-state index in [2.05, 4.69) is 15.0 Å². The third-order valence-corrected chi connectivity index (χ3v) is 5.53. The fourth-order valence-electron chi connectivity index (χ4n) is 1.70. The van der Waals surface area contributed by atoms with Crippen molar-refractivity contribution < 1.29 is 8.42 Å². The molecule has 0 aliphatic carbocycles. The van der Waals surface area contributed by atoms with Crippen LogP contribution >= 0.6 is 22.9 Å². The molecule has 0 radical (unpaired) electrons. The minimum absolute atomic E-state index is 0.0624. The van der Waals surface area contributed by atoms with Gasteiger partial charge in [-0.2, -0.15) is 0 Å². The van der Waals surface area contributed by atoms with Gasteiger partial charge in [0.05, 0.1) is 10.7 Å². The minimum atomic E-state index is -3.74. The van der Waals surface area contributed by atoms with Gasteiger partial charge in [-0.05, 0) is 31.2 Å². The number of hydrogen-bond donors (Lipinski definition) is 2. The van der Waals surface area contributed by atoms with Crippen molar-refractivity contribution in [3.8, 4) is 0 Å². The molecule has 0 saturated carbocycles. The largest absolute Gasteiger partial charge is 0.313 e. The van der Waals surface area contributed by atoms with Crippen molar-refractivity contribution in [1.29, 1.82) is 0 Å². The lowest BCUT2D eigenvalue weighted by Gasteiger charge is -2.09. The van der Waals surface area contributed by atoms with E-state index < -0.39 is 10.0 Å². The minimum Gasteiger partial charge on any atom is -0.313 e. The third-order valence-electron chi connectivity index (χ3n) is 2.70. The summed E-state index contributed by atoms with van der Waals surface area (Å²) >= 11 is 7.27. The Bertz CT molecular complexity index is 729. The van der Waals surface area contributed by atoms with Gasteiger partial charge in [0.1, 0.15) is 4.90 Å². The standard InChI is InChI=1S/C13H16ClN3O2S2/c1-3-15-7-10-4-5-11(14)12(6-10)21(18,19)17-13-16-9(2)8-20-13/h4-6,8,15H,3,7H2,1-2H3,(H,16,17). The smallest absolute Gasteiger partial charge is 0.265 e. The van der Waals surface area contributed by atoms with Crippen LogP contribution in [-0.2, 0) is 16.6 Å². The number of nitrogens with one attached hydrogen (secondary N) is 2. The molecule has 2 rings (SSSR count). The molecule has 0 spiro atoms. The molecule has 21 heavy (non-hydrogen) atoms. The summed E-state index contributed by atoms with van der Waals surface area (Å²) in [5.41, 5.74) is 1.63. The van der Waals surface area contributed by atoms with E-state index in [1.165, 1.54) is 11.3 Å². The fourth-order valence-corrected chi connectivity index (χ4v) is 4.20. The number of thiazole rings is 1. The first-order chi connectivity index (χ1) is 9.92. The monoisotopic (exact) mass is 345 g/mol. The van der Waals surface area contributed by atoms with Crippen LogP contribution in [0, 0.1) is 6.92 Å². The van der Waals surface area contributed by atoms with Crippen molar-refractivity contribution in [2.75, 3.05) is 11.3 Å². The van der Waals surface area contributed by atoms with E-state index >= 15 is 0 Å². The molecule has 5 nitrogen and oxygen atoms in total. The topological polar surface area (TPSA) is 71.1 Å². The van der Waals surface area contributed by atoms with E-state index in [-0.39, 0.29) is 9.92 Å². The summed E-state index contributed by atoms with van der Waals surface area (Å²) in [7, 11) is -3.74. The maximum absolute atomic E-state index is 12.4. The SMILES string of the molecule is CCNCc1ccc(Cl)c(S(=O)(=O)Nc2nc(C)cs2)c1. The highest BCUT2D eigenvalue weighted by Crippen LogP contribution is 2.26. The molecule has 0 amide bonds. The van der Waals surface area contributed by atoms with Crippen LogP contribution in [0.5, 0.6) is 0 Å². The summed E-state index contributed by atoms with van der Waals surface area (Å²) in [6.07, 6.45) is 0. The Morgan fingerprint density at radius 1 is 1.38 bits per heavy atom. The highest BCUT2D eigenvalue weighted by molar-refractivity contribution is 7.93. The zero-order valence-electron chi connectivity index (χ0n) is 11.7. The van der Waals surface area contributed by atoms with Gasteiger partial charge in [0, 0.05) is 11.9 Å². The van der Waals surface area contributed by atoms with Crippen molar-refractivity contribution in [3.63, 3.8) is 0 Å². The maximum Gasteiger partial charge on any atom is 0.265 e. The summed E-state index contributed by atoms with van der Waals surface area (Å²) in [5, 5.41) is 5.45. The summed E-state index contributed by atoms with van der Waals surface area (Å²) in [4.78, 5) is 4.16. The second kappa shape index (κ2) is 6.74. The summed E-state index contributed by atoms with van der Waals surface area (Å²) in [5.74, 6) is 0. The molecular formula is C13H16ClN3O2S2. The molecule has 1 aromatic carbocycles. The van der Waals surface area contributed by atoms with E-state index in [0.29, 0.717) is 11.7 Å². The Kier molecular flexibility index (Phi) is 5.21. The summed E-state index contributed by atoms with van der Waals surface area (Å²) < 4.78 is 27.3. The van der Waals surface area contributed by atoms with Crippen molar-refractivity contribution in [1.82, 2.24) is 10.3 Å². The molecule has 0 aliphatic heterocycles. The Morgan fingerprint density at radius 3 is 2.76 bits per heavy atom. The summed E-state index contributed by atoms with van der Waals surface area (Å²) in [6, 6.07) is 4.97. The first-order valence-corrected chi connectivity index (χ1v) is 9.10. The first-order valence-electron chi connectivity index (χ1n) is 6.36. The lowest BCUT2D eigenvalue weighted by molar-refractivity contribution is 0.601. The van der Waals surface area contributed by atoms with Crippen LogP contribution in [0.2, 0.25) is 5.02 Å². The van der Waals surface area contributed by atoms with E-state index in [0.717, 1.165) is 17.8 Å². The van der Waals surface area contributed by atoms with Crippen LogP contribution in [0.3, 0.4) is 0 Å². The Hall–Kier alpha value is -1.15. The molecule has 0 fully saturated rings. The van der Waals surface area contributed by atoms with Crippen LogP contribution in [0.25, 0.3) is 0 Å². The number of sulfonamides is 1. The molecule has 2 N–H and O–H groups in total. The van der Waals surface area contributed by atoms with Crippen LogP contribution < -0.4 is 10.0 Å². The average molecular weight is 346 g/mol. The van der Waals surface area contributed by atoms with Gasteiger partial charge in [0.15, 0.2) is 5.13 Å². The molecule has 0 aliphatic rings. The zero-order chi connectivity index (χ0) is 15.5. The predicted molar refractivity (Wildman–Crippen MR) is 86.5 cm³/mol. The van der Waals surface area contributed by atoms with Gasteiger partial charge in [-0.1, -0.05) is 24.6 Å². The van der Waals surface area contributed by atoms with Gasteiger partial charge in [-0.3, -0.25) is 4.72 Å². The number of aryl methyl sites for hydroxylation is 1. The lowest BCUT2D eigenvalue weighted by Crippen LogP contribution is -2.15. The number of nitrogens with zero attached hydrogens (tertiary/aromatic N) is 1. The van der Waals surface area contributed by atoms with Crippen LogP contribution in [-0.4, -0.2) is 19.9 Å². The van der Waals surface area contributed by atoms with Crippen LogP contribution in [0.15, 0.2) is 28.5 Å². The molecule has 0 bridgehead atoms. The number of rotatable bonds is 6. The van der Waals surface area contributed by atoms with E-state index in [4.69, 9.17) is 11.6 Å². The molecule has 0 atom stereocenters. The highest BCUT2D eigenvalue weighted by atomic mass is 35.5. The average Bonchev–Trinajstić information content (AvgIpc) is 2.82. The Balaban J connectivity index is 2.30. The van der Waals surface area contributed by atoms with Crippen molar-refractivity contribution in [2.24, 2.45) is 0 Å². The lowest BCUT2D eigenvalue weighted by atomic mass is 10.2. The predicted octanol–water partition coefficient (Wildman–Crippen LogP) is 3.02. The first kappa shape index (κ1) is 16.2. The van der Waals surface area contributed by atoms with Crippen molar-refractivity contribution in [3.05, 3.63) is 39.9 Å². The Labute approximate surface area is 133 Å². The molecule has 0 saturated heterocycles. The number of benzene rings is 1. The molecule has 2 aromatic rings. The van der Waals surface area contributed by atoms with Gasteiger partial charge in [0.2, 0.25) is 0 Å². The molecule has 0 unspecified atom stereocenters. The van der Waals surface area contributed by atoms with Crippen molar-refractivity contribution >= 4 is 38.1 Å². The number of hydrogen-bond acceptors (Lipinski definition) is 5. The molecule has 1 heterocycles. The van der Waals surface area contributed by atoms with Gasteiger partial charge in [-0.25, -0.2) is 13.4 Å². The molecular weight excluding hydrogens is 330 g/mol. The maximum atomic E-state index is 12.4. The Morgan fingerprint density at radius 2 is 2.14 bits per heavy atom. The quantitative estimate of drug-likeness (QED) is 0.844. The van der Waals surface area contributed by atoms with E-state index in [1.54, 1.807) is 30.5 Å². The van der Waals surface area contributed by atoms with Gasteiger partial charge >= 0.3 is 0 Å². The summed E-state index contributed by atoms with van der Waals surface area (Å²) in [6.45, 7) is 5.19. The number of halogens is 1. The third kappa shape index (κ3) is 4.16. The van der Waals surface area contributed by atoms with Crippen LogP contribution in [0.1, 0.15) is 18.2 Å². The van der Waals surface area contributed by atoms with Crippen LogP contribution in [0.4, 0.5) is 5.13 Å². The normalized spacial score (nSPS) is 11.6. The second-order valence-corrected chi connectivity index (χ2v) is 7.36. The van der Waals surface area contributed by atoms with E-state index in [9.17, 15) is 8.42 Å². The number of aromatic nitrogens is 1. The van der Waals surface area contributed by atoms with Gasteiger partial charge < -0.3 is 5.32 Å². The zero-order valence-corrected chi connectivity index (χ0v) is 14.1. The fraction of sp³-hybridized carbons (Fsp3) is 0.308. The van der Waals surface area contributed by atoms with Gasteiger partial charge in [-0.15, -0.1) is 11.3 Å². The second-order valence-electron chi connectivity index (χ2n) is 4.44. The highest BCUT2D eigenvalue weighted by Gasteiger charge is 2.20.